The maximum atomic E-state index is 13.1. The average molecular weight is 417 g/mol. The van der Waals surface area contributed by atoms with Crippen LogP contribution in [0.5, 0.6) is 0 Å². The van der Waals surface area contributed by atoms with Crippen LogP contribution in [-0.2, 0) is 15.7 Å². The lowest BCUT2D eigenvalue weighted by Crippen LogP contribution is -2.46. The van der Waals surface area contributed by atoms with E-state index in [1.165, 1.54) is 28.8 Å². The number of unbranched alkanes of at least 4 members (excludes halogenated alkanes) is 1. The molecule has 2 atom stereocenters. The zero-order valence-electron chi connectivity index (χ0n) is 16.3. The lowest BCUT2D eigenvalue weighted by molar-refractivity contribution is -0.148. The molecule has 0 spiro atoms. The zero-order chi connectivity index (χ0) is 20.9. The fourth-order valence-corrected chi connectivity index (χ4v) is 4.59. The first-order chi connectivity index (χ1) is 13.1. The van der Waals surface area contributed by atoms with Gasteiger partial charge in [0, 0.05) is 11.3 Å². The molecule has 0 radical (unpaired) electrons. The maximum Gasteiger partial charge on any atom is 0.416 e. The van der Waals surface area contributed by atoms with Crippen LogP contribution in [0, 0.1) is 5.92 Å². The van der Waals surface area contributed by atoms with Gasteiger partial charge in [-0.1, -0.05) is 27.2 Å². The monoisotopic (exact) mass is 417 g/mol. The summed E-state index contributed by atoms with van der Waals surface area (Å²) in [7, 11) is 0. The number of carbonyl (C=O) groups is 2. The molecule has 0 saturated carbocycles. The quantitative estimate of drug-likeness (QED) is 0.464. The summed E-state index contributed by atoms with van der Waals surface area (Å²) in [6.07, 6.45) is -2.14. The van der Waals surface area contributed by atoms with E-state index in [2.05, 4.69) is 0 Å². The number of hydrogen-bond acceptors (Lipinski definition) is 4. The highest BCUT2D eigenvalue weighted by Gasteiger charge is 2.43. The molecule has 0 N–H and O–H groups in total. The summed E-state index contributed by atoms with van der Waals surface area (Å²) < 4.78 is 43.7. The van der Waals surface area contributed by atoms with E-state index in [1.807, 2.05) is 20.8 Å². The molecule has 156 valence electrons. The standard InChI is InChI=1S/C20H26F3NO3S/c1-4-5-10-27-19(26)16-12-28-17(11-13(2)3)24(16)18(25)14-6-8-15(9-7-14)20(21,22)23/h6-9,13,16-17H,4-5,10-12H2,1-3H3. The minimum Gasteiger partial charge on any atom is -0.464 e. The smallest absolute Gasteiger partial charge is 0.416 e. The molecule has 1 amide bonds. The number of rotatable bonds is 7. The van der Waals surface area contributed by atoms with Crippen molar-refractivity contribution < 1.29 is 27.5 Å². The Bertz CT molecular complexity index is 676. The molecule has 1 aromatic rings. The molecule has 1 aliphatic rings. The van der Waals surface area contributed by atoms with Crippen molar-refractivity contribution in [1.29, 1.82) is 0 Å². The van der Waals surface area contributed by atoms with Crippen LogP contribution in [0.25, 0.3) is 0 Å². The molecule has 4 nitrogen and oxygen atoms in total. The number of esters is 1. The highest BCUT2D eigenvalue weighted by molar-refractivity contribution is 8.00. The van der Waals surface area contributed by atoms with E-state index < -0.39 is 29.7 Å². The molecule has 0 bridgehead atoms. The third-order valence-electron chi connectivity index (χ3n) is 4.47. The average Bonchev–Trinajstić information content (AvgIpc) is 3.03. The summed E-state index contributed by atoms with van der Waals surface area (Å²) in [4.78, 5) is 27.1. The van der Waals surface area contributed by atoms with E-state index in [9.17, 15) is 22.8 Å². The van der Waals surface area contributed by atoms with E-state index in [0.29, 0.717) is 24.7 Å². The Labute approximate surface area is 167 Å². The molecule has 0 aromatic heterocycles. The van der Waals surface area contributed by atoms with Gasteiger partial charge in [0.15, 0.2) is 0 Å². The van der Waals surface area contributed by atoms with Gasteiger partial charge in [-0.2, -0.15) is 13.2 Å². The number of carbonyl (C=O) groups excluding carboxylic acids is 2. The molecule has 1 aromatic carbocycles. The molecular formula is C20H26F3NO3S. The van der Waals surface area contributed by atoms with Gasteiger partial charge in [-0.05, 0) is 43.0 Å². The van der Waals surface area contributed by atoms with Crippen LogP contribution in [0.15, 0.2) is 24.3 Å². The van der Waals surface area contributed by atoms with Gasteiger partial charge >= 0.3 is 12.1 Å². The maximum absolute atomic E-state index is 13.1. The van der Waals surface area contributed by atoms with Crippen LogP contribution in [0.3, 0.4) is 0 Å². The Morgan fingerprint density at radius 2 is 1.89 bits per heavy atom. The van der Waals surface area contributed by atoms with Gasteiger partial charge in [-0.15, -0.1) is 11.8 Å². The fraction of sp³-hybridized carbons (Fsp3) is 0.600. The predicted molar refractivity (Wildman–Crippen MR) is 103 cm³/mol. The van der Waals surface area contributed by atoms with Crippen LogP contribution >= 0.6 is 11.8 Å². The van der Waals surface area contributed by atoms with Gasteiger partial charge in [-0.25, -0.2) is 4.79 Å². The van der Waals surface area contributed by atoms with Gasteiger partial charge in [-0.3, -0.25) is 4.79 Å². The molecule has 2 rings (SSSR count). The molecule has 8 heteroatoms. The van der Waals surface area contributed by atoms with Crippen LogP contribution in [0.1, 0.15) is 56.0 Å². The van der Waals surface area contributed by atoms with E-state index in [4.69, 9.17) is 4.74 Å². The number of hydrogen-bond donors (Lipinski definition) is 0. The minimum absolute atomic E-state index is 0.135. The topological polar surface area (TPSA) is 46.6 Å². The zero-order valence-corrected chi connectivity index (χ0v) is 17.1. The van der Waals surface area contributed by atoms with Crippen molar-refractivity contribution in [2.24, 2.45) is 5.92 Å². The van der Waals surface area contributed by atoms with Crippen LogP contribution < -0.4 is 0 Å². The molecule has 28 heavy (non-hydrogen) atoms. The van der Waals surface area contributed by atoms with Crippen molar-refractivity contribution in [2.75, 3.05) is 12.4 Å². The second kappa shape index (κ2) is 9.67. The molecular weight excluding hydrogens is 391 g/mol. The lowest BCUT2D eigenvalue weighted by atomic mass is 10.1. The predicted octanol–water partition coefficient (Wildman–Crippen LogP) is 4.98. The first-order valence-electron chi connectivity index (χ1n) is 9.43. The van der Waals surface area contributed by atoms with Gasteiger partial charge in [0.05, 0.1) is 17.5 Å². The Hall–Kier alpha value is -1.70. The highest BCUT2D eigenvalue weighted by atomic mass is 32.2. The summed E-state index contributed by atoms with van der Waals surface area (Å²) in [6, 6.07) is 3.39. The number of benzene rings is 1. The summed E-state index contributed by atoms with van der Waals surface area (Å²) in [5.41, 5.74) is -0.676. The van der Waals surface area contributed by atoms with Crippen molar-refractivity contribution in [3.05, 3.63) is 35.4 Å². The van der Waals surface area contributed by atoms with Crippen LogP contribution in [0.4, 0.5) is 13.2 Å². The number of ether oxygens (including phenoxy) is 1. The van der Waals surface area contributed by atoms with Gasteiger partial charge in [0.2, 0.25) is 0 Å². The summed E-state index contributed by atoms with van der Waals surface area (Å²) >= 11 is 1.51. The van der Waals surface area contributed by atoms with E-state index in [-0.39, 0.29) is 10.9 Å². The number of halogens is 3. The van der Waals surface area contributed by atoms with Crippen LogP contribution in [-0.4, -0.2) is 40.6 Å². The van der Waals surface area contributed by atoms with Crippen molar-refractivity contribution in [1.82, 2.24) is 4.90 Å². The summed E-state index contributed by atoms with van der Waals surface area (Å²) in [5, 5.41) is -0.210. The molecule has 0 aliphatic carbocycles. The number of nitrogens with zero attached hydrogens (tertiary/aromatic N) is 1. The number of alkyl halides is 3. The lowest BCUT2D eigenvalue weighted by Gasteiger charge is -2.29. The molecule has 1 fully saturated rings. The Morgan fingerprint density at radius 3 is 2.43 bits per heavy atom. The Kier molecular flexibility index (Phi) is 7.80. The second-order valence-corrected chi connectivity index (χ2v) is 8.45. The first-order valence-corrected chi connectivity index (χ1v) is 10.5. The number of amides is 1. The second-order valence-electron chi connectivity index (χ2n) is 7.24. The minimum atomic E-state index is -4.46. The van der Waals surface area contributed by atoms with Crippen LogP contribution in [0.2, 0.25) is 0 Å². The summed E-state index contributed by atoms with van der Waals surface area (Å²) in [6.45, 7) is 6.33. The van der Waals surface area contributed by atoms with E-state index in [1.54, 1.807) is 0 Å². The number of thioether (sulfide) groups is 1. The molecule has 2 unspecified atom stereocenters. The largest absolute Gasteiger partial charge is 0.464 e. The third-order valence-corrected chi connectivity index (χ3v) is 5.79. The molecule has 1 saturated heterocycles. The summed E-state index contributed by atoms with van der Waals surface area (Å²) in [5.74, 6) is -0.168. The molecule has 1 heterocycles. The van der Waals surface area contributed by atoms with Crippen molar-refractivity contribution in [3.63, 3.8) is 0 Å². The SMILES string of the molecule is CCCCOC(=O)C1CSC(CC(C)C)N1C(=O)c1ccc(C(F)(F)F)cc1. The molecule has 1 aliphatic heterocycles. The van der Waals surface area contributed by atoms with Gasteiger partial charge < -0.3 is 9.64 Å². The van der Waals surface area contributed by atoms with Gasteiger partial charge in [0.25, 0.3) is 5.91 Å². The Balaban J connectivity index is 2.23. The van der Waals surface area contributed by atoms with E-state index >= 15 is 0 Å². The third kappa shape index (κ3) is 5.65. The van der Waals surface area contributed by atoms with Crippen molar-refractivity contribution in [2.45, 2.75) is 57.6 Å². The highest BCUT2D eigenvalue weighted by Crippen LogP contribution is 2.36. The Morgan fingerprint density at radius 1 is 1.25 bits per heavy atom. The van der Waals surface area contributed by atoms with Gasteiger partial charge in [0.1, 0.15) is 6.04 Å². The normalized spacial score (nSPS) is 19.9. The van der Waals surface area contributed by atoms with Crippen molar-refractivity contribution >= 4 is 23.6 Å². The first kappa shape index (κ1) is 22.6. The van der Waals surface area contributed by atoms with Crippen molar-refractivity contribution in [3.8, 4) is 0 Å². The fourth-order valence-electron chi connectivity index (χ4n) is 2.97. The van der Waals surface area contributed by atoms with E-state index in [0.717, 1.165) is 25.0 Å².